The van der Waals surface area contributed by atoms with E-state index in [-0.39, 0.29) is 18.3 Å². The van der Waals surface area contributed by atoms with Gasteiger partial charge in [0.2, 0.25) is 6.41 Å². The first kappa shape index (κ1) is 31.4. The van der Waals surface area contributed by atoms with Crippen LogP contribution in [0.3, 0.4) is 0 Å². The Morgan fingerprint density at radius 1 is 0.973 bits per heavy atom. The molecule has 0 aromatic heterocycles. The molecule has 0 saturated carbocycles. The fourth-order valence-corrected chi connectivity index (χ4v) is 3.35. The van der Waals surface area contributed by atoms with Crippen molar-refractivity contribution in [1.29, 1.82) is 0 Å². The van der Waals surface area contributed by atoms with E-state index < -0.39 is 0 Å². The Balaban J connectivity index is 0.000000297. The van der Waals surface area contributed by atoms with E-state index in [2.05, 4.69) is 33.8 Å². The van der Waals surface area contributed by atoms with Crippen molar-refractivity contribution in [3.63, 3.8) is 0 Å². The number of allylic oxidation sites excluding steroid dienone is 5. The third kappa shape index (κ3) is 15.2. The van der Waals surface area contributed by atoms with Gasteiger partial charge in [0.25, 0.3) is 0 Å². The smallest absolute Gasteiger partial charge is 0.320 e. The number of amides is 1. The molecule has 0 atom stereocenters. The summed E-state index contributed by atoms with van der Waals surface area (Å²) in [6.45, 7) is 4.71. The van der Waals surface area contributed by atoms with Crippen LogP contribution in [-0.2, 0) is 23.9 Å². The van der Waals surface area contributed by atoms with Crippen LogP contribution in [0.2, 0.25) is 0 Å². The summed E-state index contributed by atoms with van der Waals surface area (Å²) in [6, 6.07) is 18.3. The number of hydrogen-bond acceptors (Lipinski definition) is 7. The summed E-state index contributed by atoms with van der Waals surface area (Å²) >= 11 is 1.42. The number of esters is 1. The first-order chi connectivity index (χ1) is 17.9. The normalized spacial score (nSPS) is 11.7. The van der Waals surface area contributed by atoms with E-state index in [0.29, 0.717) is 31.4 Å². The Labute approximate surface area is 224 Å². The van der Waals surface area contributed by atoms with Crippen LogP contribution < -0.4 is 10.0 Å². The highest BCUT2D eigenvalue weighted by atomic mass is 32.2. The van der Waals surface area contributed by atoms with Crippen LogP contribution in [0.4, 0.5) is 0 Å². The van der Waals surface area contributed by atoms with E-state index >= 15 is 0 Å². The maximum atomic E-state index is 11.7. The van der Waals surface area contributed by atoms with E-state index in [1.807, 2.05) is 55.5 Å². The quantitative estimate of drug-likeness (QED) is 0.198. The van der Waals surface area contributed by atoms with Gasteiger partial charge in [0.05, 0.1) is 20.0 Å². The van der Waals surface area contributed by atoms with Crippen LogP contribution in [0.25, 0.3) is 0 Å². The molecule has 0 spiro atoms. The summed E-state index contributed by atoms with van der Waals surface area (Å²) in [5, 5.41) is 2.46. The van der Waals surface area contributed by atoms with E-state index in [9.17, 15) is 14.4 Å². The predicted molar refractivity (Wildman–Crippen MR) is 149 cm³/mol. The van der Waals surface area contributed by atoms with Gasteiger partial charge in [-0.05, 0) is 50.1 Å². The van der Waals surface area contributed by atoms with Crippen molar-refractivity contribution in [2.75, 3.05) is 27.3 Å². The fourth-order valence-electron chi connectivity index (χ4n) is 2.73. The Morgan fingerprint density at radius 3 is 2.22 bits per heavy atom. The Morgan fingerprint density at radius 2 is 1.65 bits per heavy atom. The zero-order chi connectivity index (χ0) is 27.3. The van der Waals surface area contributed by atoms with Gasteiger partial charge in [-0.1, -0.05) is 65.7 Å². The van der Waals surface area contributed by atoms with Crippen LogP contribution in [0, 0.1) is 13.8 Å². The molecule has 198 valence electrons. The molecule has 0 heterocycles. The lowest BCUT2D eigenvalue weighted by atomic mass is 10.1. The van der Waals surface area contributed by atoms with Crippen molar-refractivity contribution in [3.8, 4) is 0 Å². The molecule has 1 amide bonds. The Hall–Kier alpha value is -3.62. The molecule has 0 fully saturated rings. The third-order valence-corrected chi connectivity index (χ3v) is 5.62. The van der Waals surface area contributed by atoms with Gasteiger partial charge in [-0.25, -0.2) is 4.72 Å². The highest BCUT2D eigenvalue weighted by molar-refractivity contribution is 7.97. The topological polar surface area (TPSA) is 93.7 Å². The fraction of sp³-hybridized carbons (Fsp3) is 0.276. The Bertz CT molecular complexity index is 1050. The van der Waals surface area contributed by atoms with Gasteiger partial charge in [-0.15, -0.1) is 0 Å². The van der Waals surface area contributed by atoms with E-state index in [4.69, 9.17) is 4.74 Å². The van der Waals surface area contributed by atoms with Crippen LogP contribution >= 0.6 is 11.9 Å². The Kier molecular flexibility index (Phi) is 16.6. The zero-order valence-electron chi connectivity index (χ0n) is 21.9. The summed E-state index contributed by atoms with van der Waals surface area (Å²) in [5.41, 5.74) is 3.18. The number of rotatable bonds is 10. The maximum absolute atomic E-state index is 11.7. The molecule has 2 aromatic rings. The van der Waals surface area contributed by atoms with Crippen LogP contribution in [-0.4, -0.2) is 45.5 Å². The molecule has 0 aliphatic heterocycles. The van der Waals surface area contributed by atoms with Crippen molar-refractivity contribution in [3.05, 3.63) is 101 Å². The van der Waals surface area contributed by atoms with Gasteiger partial charge < -0.3 is 14.8 Å². The average Bonchev–Trinajstić information content (AvgIpc) is 3.17. The van der Waals surface area contributed by atoms with Gasteiger partial charge in [-0.3, -0.25) is 14.4 Å². The number of carbonyl (C=O) groups is 3. The maximum Gasteiger partial charge on any atom is 0.320 e. The number of hydrogen-bond donors (Lipinski definition) is 2. The highest BCUT2D eigenvalue weighted by Gasteiger charge is 2.07. The van der Waals surface area contributed by atoms with E-state index in [0.717, 1.165) is 10.7 Å². The second-order valence-electron chi connectivity index (χ2n) is 7.78. The highest BCUT2D eigenvalue weighted by Crippen LogP contribution is 2.14. The molecule has 0 unspecified atom stereocenters. The first-order valence-electron chi connectivity index (χ1n) is 11.8. The minimum atomic E-state index is -0.260. The van der Waals surface area contributed by atoms with E-state index in [1.165, 1.54) is 30.2 Å². The number of ketones is 1. The number of methoxy groups -OCH3 is 2. The molecule has 3 rings (SSSR count). The summed E-state index contributed by atoms with van der Waals surface area (Å²) in [7, 11) is 2.98. The lowest BCUT2D eigenvalue weighted by molar-refractivity contribution is -0.139. The van der Waals surface area contributed by atoms with Crippen molar-refractivity contribution >= 4 is 30.1 Å². The molecule has 1 aliphatic carbocycles. The van der Waals surface area contributed by atoms with Gasteiger partial charge >= 0.3 is 5.97 Å². The molecule has 0 radical (unpaired) electrons. The predicted octanol–water partition coefficient (Wildman–Crippen LogP) is 4.87. The molecule has 0 saturated heterocycles. The van der Waals surface area contributed by atoms with Gasteiger partial charge in [0.1, 0.15) is 6.54 Å². The molecule has 0 bridgehead atoms. The van der Waals surface area contributed by atoms with Gasteiger partial charge in [-0.2, -0.15) is 0 Å². The van der Waals surface area contributed by atoms with Crippen LogP contribution in [0.15, 0.2) is 95.1 Å². The zero-order valence-corrected chi connectivity index (χ0v) is 22.7. The number of aryl methyl sites for hydroxylation is 2. The largest absolute Gasteiger partial charge is 0.501 e. The van der Waals surface area contributed by atoms with Crippen molar-refractivity contribution in [2.45, 2.75) is 31.6 Å². The number of Topliss-reactive ketones (excluding diaryl/α,β-unsaturated/α-hetero) is 1. The van der Waals surface area contributed by atoms with Crippen molar-refractivity contribution in [1.82, 2.24) is 10.0 Å². The summed E-state index contributed by atoms with van der Waals surface area (Å²) < 4.78 is 12.5. The summed E-state index contributed by atoms with van der Waals surface area (Å²) in [5.74, 6) is 0.578. The standard InChI is InChI=1S/C12H15NO3.C10H13NO2S.C7H8/c1-16-11-4-2-3-10(5-6-11)12(15)7-8-13-9-14;1-8-3-5-9(6-4-8)14-11-7-10(12)13-2;1-7-5-3-2-4-6-7/h2-3,5-6,9H,4,7-8H2,1H3,(H,13,14);3-6,11H,7H2,1-2H3;2-6H,1H3. The molecule has 37 heavy (non-hydrogen) atoms. The molecule has 1 aliphatic rings. The van der Waals surface area contributed by atoms with Crippen molar-refractivity contribution < 1.29 is 23.9 Å². The van der Waals surface area contributed by atoms with Crippen LogP contribution in [0.1, 0.15) is 24.0 Å². The van der Waals surface area contributed by atoms with E-state index in [1.54, 1.807) is 25.3 Å². The number of ether oxygens (including phenoxy) is 2. The average molecular weight is 525 g/mol. The van der Waals surface area contributed by atoms with Gasteiger partial charge in [0, 0.05) is 29.9 Å². The van der Waals surface area contributed by atoms with Gasteiger partial charge in [0.15, 0.2) is 5.78 Å². The second kappa shape index (κ2) is 19.6. The first-order valence-corrected chi connectivity index (χ1v) is 12.6. The summed E-state index contributed by atoms with van der Waals surface area (Å²) in [4.78, 5) is 33.5. The monoisotopic (exact) mass is 524 g/mol. The molecule has 2 N–H and O–H groups in total. The minimum Gasteiger partial charge on any atom is -0.501 e. The number of carbonyl (C=O) groups excluding carboxylic acids is 3. The lowest BCUT2D eigenvalue weighted by Gasteiger charge is -2.02. The molecular formula is C29H36N2O5S. The number of benzene rings is 2. The minimum absolute atomic E-state index is 0.0132. The molecule has 7 nitrogen and oxygen atoms in total. The third-order valence-electron chi connectivity index (χ3n) is 4.82. The second-order valence-corrected chi connectivity index (χ2v) is 8.74. The molecule has 8 heteroatoms. The molecule has 2 aromatic carbocycles. The van der Waals surface area contributed by atoms with Crippen molar-refractivity contribution in [2.24, 2.45) is 0 Å². The SMILES string of the molecule is COC(=O)CNSc1ccc(C)cc1.COC1=CC=C(C(=O)CCNC=O)C=CC1.Cc1ccccc1. The lowest BCUT2D eigenvalue weighted by Crippen LogP contribution is -2.17. The summed E-state index contributed by atoms with van der Waals surface area (Å²) in [6.07, 6.45) is 8.80. The molecular weight excluding hydrogens is 488 g/mol. The van der Waals surface area contributed by atoms with Crippen LogP contribution in [0.5, 0.6) is 0 Å². The number of nitrogens with one attached hydrogen (secondary N) is 2.